The van der Waals surface area contributed by atoms with Gasteiger partial charge in [-0.15, -0.1) is 0 Å². The summed E-state index contributed by atoms with van der Waals surface area (Å²) in [6, 6.07) is 1.76. The number of esters is 1. The summed E-state index contributed by atoms with van der Waals surface area (Å²) in [7, 11) is 0. The van der Waals surface area contributed by atoms with E-state index in [2.05, 4.69) is 22.2 Å². The molecule has 2 rings (SSSR count). The van der Waals surface area contributed by atoms with Crippen LogP contribution in [-0.2, 0) is 20.7 Å². The second-order valence-electron chi connectivity index (χ2n) is 6.76. The molecule has 1 amide bonds. The Morgan fingerprint density at radius 2 is 1.88 bits per heavy atom. The van der Waals surface area contributed by atoms with Crippen molar-refractivity contribution in [2.75, 3.05) is 0 Å². The minimum atomic E-state index is -1.07. The Bertz CT molecular complexity index is 565. The second kappa shape index (κ2) is 9.34. The van der Waals surface area contributed by atoms with Crippen molar-refractivity contribution in [1.29, 1.82) is 0 Å². The second-order valence-corrected chi connectivity index (χ2v) is 6.76. The van der Waals surface area contributed by atoms with Crippen LogP contribution in [0.4, 0.5) is 4.79 Å². The summed E-state index contributed by atoms with van der Waals surface area (Å²) in [4.78, 5) is 32.7. The predicted octanol–water partition coefficient (Wildman–Crippen LogP) is 2.64. The number of hydrogen-bond acceptors (Lipinski definition) is 6. The molecule has 0 aromatic carbocycles. The molecule has 1 aliphatic rings. The normalized spacial score (nSPS) is 21.4. The highest BCUT2D eigenvalue weighted by Gasteiger charge is 2.29. The monoisotopic (exact) mass is 349 g/mol. The lowest BCUT2D eigenvalue weighted by Gasteiger charge is -2.29. The molecule has 1 aromatic heterocycles. The molecule has 0 radical (unpaired) electrons. The Balaban J connectivity index is 1.98. The lowest BCUT2D eigenvalue weighted by Crippen LogP contribution is -2.44. The van der Waals surface area contributed by atoms with Crippen LogP contribution in [0.2, 0.25) is 0 Å². The van der Waals surface area contributed by atoms with E-state index in [9.17, 15) is 9.59 Å². The van der Waals surface area contributed by atoms with Crippen LogP contribution in [0.3, 0.4) is 0 Å². The molecule has 7 heteroatoms. The topological polar surface area (TPSA) is 90.4 Å². The first-order valence-corrected chi connectivity index (χ1v) is 8.89. The number of carbonyl (C=O) groups excluding carboxylic acids is 2. The summed E-state index contributed by atoms with van der Waals surface area (Å²) in [5.41, 5.74) is 0. The van der Waals surface area contributed by atoms with Gasteiger partial charge in [-0.25, -0.2) is 19.6 Å². The zero-order valence-corrected chi connectivity index (χ0v) is 15.1. The van der Waals surface area contributed by atoms with Gasteiger partial charge in [0.1, 0.15) is 5.82 Å². The third-order valence-corrected chi connectivity index (χ3v) is 4.27. The van der Waals surface area contributed by atoms with Crippen LogP contribution >= 0.6 is 0 Å². The minimum Gasteiger partial charge on any atom is -0.460 e. The molecule has 1 N–H and O–H groups in total. The van der Waals surface area contributed by atoms with Crippen molar-refractivity contribution in [3.8, 4) is 0 Å². The number of alkyl carbamates (subject to hydrolysis) is 1. The fourth-order valence-electron chi connectivity index (χ4n) is 2.93. The average Bonchev–Trinajstić information content (AvgIpc) is 2.56. The first-order valence-electron chi connectivity index (χ1n) is 8.89. The van der Waals surface area contributed by atoms with Crippen LogP contribution < -0.4 is 5.32 Å². The molecule has 1 aliphatic carbocycles. The van der Waals surface area contributed by atoms with Crippen LogP contribution in [0.1, 0.15) is 52.3 Å². The first-order chi connectivity index (χ1) is 12.0. The van der Waals surface area contributed by atoms with Crippen molar-refractivity contribution < 1.29 is 19.1 Å². The van der Waals surface area contributed by atoms with E-state index in [1.807, 2.05) is 0 Å². The highest BCUT2D eigenvalue weighted by Crippen LogP contribution is 2.23. The Kier molecular flexibility index (Phi) is 7.16. The van der Waals surface area contributed by atoms with E-state index >= 15 is 0 Å². The van der Waals surface area contributed by atoms with Crippen molar-refractivity contribution in [3.63, 3.8) is 0 Å². The van der Waals surface area contributed by atoms with E-state index < -0.39 is 18.2 Å². The van der Waals surface area contributed by atoms with Gasteiger partial charge in [0, 0.05) is 18.4 Å². The SMILES string of the molecule is CC(C)OC(=O)C(Cc1ncccn1)OC(=O)N[C@@H]1CCCC[C@H]1C. The van der Waals surface area contributed by atoms with E-state index in [0.717, 1.165) is 19.3 Å². The summed E-state index contributed by atoms with van der Waals surface area (Å²) in [5, 5.41) is 2.88. The zero-order valence-electron chi connectivity index (χ0n) is 15.1. The van der Waals surface area contributed by atoms with Gasteiger partial charge in [0.05, 0.1) is 12.5 Å². The van der Waals surface area contributed by atoms with Gasteiger partial charge in [-0.1, -0.05) is 19.8 Å². The Hall–Kier alpha value is -2.18. The lowest BCUT2D eigenvalue weighted by molar-refractivity contribution is -0.157. The van der Waals surface area contributed by atoms with E-state index in [1.54, 1.807) is 32.3 Å². The molecule has 1 heterocycles. The lowest BCUT2D eigenvalue weighted by atomic mass is 9.86. The average molecular weight is 349 g/mol. The molecule has 0 aliphatic heterocycles. The van der Waals surface area contributed by atoms with Crippen molar-refractivity contribution in [2.24, 2.45) is 5.92 Å². The van der Waals surface area contributed by atoms with Gasteiger partial charge >= 0.3 is 12.1 Å². The number of amides is 1. The number of nitrogens with one attached hydrogen (secondary N) is 1. The molecule has 1 fully saturated rings. The summed E-state index contributed by atoms with van der Waals surface area (Å²) < 4.78 is 10.6. The van der Waals surface area contributed by atoms with Gasteiger partial charge in [0.2, 0.25) is 6.10 Å². The number of rotatable bonds is 6. The molecule has 0 saturated heterocycles. The fourth-order valence-corrected chi connectivity index (χ4v) is 2.93. The molecule has 138 valence electrons. The number of carbonyl (C=O) groups is 2. The Morgan fingerprint density at radius 1 is 1.20 bits per heavy atom. The predicted molar refractivity (Wildman–Crippen MR) is 91.8 cm³/mol. The maximum Gasteiger partial charge on any atom is 0.408 e. The summed E-state index contributed by atoms with van der Waals surface area (Å²) in [5.74, 6) is 0.237. The number of ether oxygens (including phenoxy) is 2. The smallest absolute Gasteiger partial charge is 0.408 e. The third-order valence-electron chi connectivity index (χ3n) is 4.27. The van der Waals surface area contributed by atoms with Crippen LogP contribution in [0.15, 0.2) is 18.5 Å². The molecule has 1 saturated carbocycles. The Labute approximate surface area is 148 Å². The molecule has 0 spiro atoms. The van der Waals surface area contributed by atoms with Crippen molar-refractivity contribution in [2.45, 2.75) is 71.1 Å². The standard InChI is InChI=1S/C18H27N3O4/c1-12(2)24-17(22)15(11-16-19-9-6-10-20-16)25-18(23)21-14-8-5-4-7-13(14)3/h6,9-10,12-15H,4-5,7-8,11H2,1-3H3,(H,21,23)/t13-,14-,15?/m1/s1. The third kappa shape index (κ3) is 6.32. The van der Waals surface area contributed by atoms with Crippen LogP contribution in [-0.4, -0.2) is 40.3 Å². The molecule has 25 heavy (non-hydrogen) atoms. The van der Waals surface area contributed by atoms with Gasteiger partial charge in [-0.05, 0) is 38.7 Å². The zero-order chi connectivity index (χ0) is 18.2. The number of nitrogens with zero attached hydrogens (tertiary/aromatic N) is 2. The van der Waals surface area contributed by atoms with Crippen LogP contribution in [0.25, 0.3) is 0 Å². The van der Waals surface area contributed by atoms with E-state index in [1.165, 1.54) is 6.42 Å². The van der Waals surface area contributed by atoms with Gasteiger partial charge in [-0.2, -0.15) is 0 Å². The summed E-state index contributed by atoms with van der Waals surface area (Å²) >= 11 is 0. The number of hydrogen-bond donors (Lipinski definition) is 1. The van der Waals surface area contributed by atoms with Crippen molar-refractivity contribution in [3.05, 3.63) is 24.3 Å². The van der Waals surface area contributed by atoms with Crippen LogP contribution in [0.5, 0.6) is 0 Å². The van der Waals surface area contributed by atoms with E-state index in [-0.39, 0.29) is 18.6 Å². The molecule has 7 nitrogen and oxygen atoms in total. The van der Waals surface area contributed by atoms with Gasteiger partial charge < -0.3 is 14.8 Å². The molecular weight excluding hydrogens is 322 g/mol. The van der Waals surface area contributed by atoms with Crippen LogP contribution in [0, 0.1) is 5.92 Å². The van der Waals surface area contributed by atoms with Gasteiger partial charge in [0.15, 0.2) is 0 Å². The van der Waals surface area contributed by atoms with Gasteiger partial charge in [-0.3, -0.25) is 0 Å². The van der Waals surface area contributed by atoms with E-state index in [0.29, 0.717) is 11.7 Å². The van der Waals surface area contributed by atoms with Gasteiger partial charge in [0.25, 0.3) is 0 Å². The largest absolute Gasteiger partial charge is 0.460 e. The minimum absolute atomic E-state index is 0.0796. The first kappa shape index (κ1) is 19.1. The maximum atomic E-state index is 12.3. The molecule has 1 unspecified atom stereocenters. The summed E-state index contributed by atoms with van der Waals surface area (Å²) in [6.45, 7) is 5.61. The maximum absolute atomic E-state index is 12.3. The van der Waals surface area contributed by atoms with Crippen molar-refractivity contribution >= 4 is 12.1 Å². The van der Waals surface area contributed by atoms with Crippen molar-refractivity contribution in [1.82, 2.24) is 15.3 Å². The quantitative estimate of drug-likeness (QED) is 0.794. The highest BCUT2D eigenvalue weighted by atomic mass is 16.6. The molecular formula is C18H27N3O4. The Morgan fingerprint density at radius 3 is 2.52 bits per heavy atom. The molecule has 0 bridgehead atoms. The molecule has 3 atom stereocenters. The molecule has 1 aromatic rings. The summed E-state index contributed by atoms with van der Waals surface area (Å²) in [6.07, 6.45) is 5.57. The highest BCUT2D eigenvalue weighted by molar-refractivity contribution is 5.79. The fraction of sp³-hybridized carbons (Fsp3) is 0.667. The number of aromatic nitrogens is 2. The van der Waals surface area contributed by atoms with E-state index in [4.69, 9.17) is 9.47 Å².